The van der Waals surface area contributed by atoms with Gasteiger partial charge in [-0.2, -0.15) is 16.9 Å². The Morgan fingerprint density at radius 1 is 1.56 bits per heavy atom. The van der Waals surface area contributed by atoms with Crippen LogP contribution in [0.1, 0.15) is 19.2 Å². The maximum Gasteiger partial charge on any atom is 0.138 e. The van der Waals surface area contributed by atoms with Crippen LogP contribution in [-0.4, -0.2) is 38.9 Å². The Hall–Kier alpha value is -0.550. The molecule has 0 saturated carbocycles. The first-order valence-corrected chi connectivity index (χ1v) is 7.10. The molecule has 2 atom stereocenters. The summed E-state index contributed by atoms with van der Waals surface area (Å²) in [5, 5.41) is 7.76. The van der Waals surface area contributed by atoms with Gasteiger partial charge in [-0.15, -0.1) is 0 Å². The van der Waals surface area contributed by atoms with Gasteiger partial charge in [-0.1, -0.05) is 6.92 Å². The van der Waals surface area contributed by atoms with Crippen molar-refractivity contribution >= 4 is 11.8 Å². The maximum absolute atomic E-state index is 4.31. The SMILES string of the molecule is CCCNC1CSCC1Cc1ncnn1C. The molecule has 5 heteroatoms. The summed E-state index contributed by atoms with van der Waals surface area (Å²) in [6, 6.07) is 0.654. The molecule has 90 valence electrons. The molecule has 0 aliphatic carbocycles. The number of rotatable bonds is 5. The van der Waals surface area contributed by atoms with Gasteiger partial charge in [0, 0.05) is 25.3 Å². The van der Waals surface area contributed by atoms with Crippen LogP contribution in [0.4, 0.5) is 0 Å². The molecule has 16 heavy (non-hydrogen) atoms. The Labute approximate surface area is 101 Å². The fraction of sp³-hybridized carbons (Fsp3) is 0.818. The van der Waals surface area contributed by atoms with Gasteiger partial charge in [0.2, 0.25) is 0 Å². The molecule has 0 spiro atoms. The average molecular weight is 240 g/mol. The van der Waals surface area contributed by atoms with Crippen molar-refractivity contribution in [2.24, 2.45) is 13.0 Å². The van der Waals surface area contributed by atoms with E-state index in [1.54, 1.807) is 6.33 Å². The van der Waals surface area contributed by atoms with E-state index in [9.17, 15) is 0 Å². The first-order valence-electron chi connectivity index (χ1n) is 5.95. The Morgan fingerprint density at radius 3 is 3.12 bits per heavy atom. The zero-order valence-corrected chi connectivity index (χ0v) is 10.8. The zero-order chi connectivity index (χ0) is 11.4. The number of nitrogens with one attached hydrogen (secondary N) is 1. The molecule has 0 aromatic carbocycles. The molecular formula is C11H20N4S. The number of nitrogens with zero attached hydrogens (tertiary/aromatic N) is 3. The Kier molecular flexibility index (Phi) is 4.23. The van der Waals surface area contributed by atoms with Gasteiger partial charge in [-0.3, -0.25) is 4.68 Å². The second-order valence-electron chi connectivity index (χ2n) is 4.36. The topological polar surface area (TPSA) is 42.7 Å². The molecule has 0 bridgehead atoms. The van der Waals surface area contributed by atoms with Gasteiger partial charge in [-0.05, 0) is 24.6 Å². The summed E-state index contributed by atoms with van der Waals surface area (Å²) in [6.45, 7) is 3.34. The van der Waals surface area contributed by atoms with E-state index in [1.807, 2.05) is 23.5 Å². The predicted molar refractivity (Wildman–Crippen MR) is 67.6 cm³/mol. The van der Waals surface area contributed by atoms with Crippen molar-refractivity contribution in [3.05, 3.63) is 12.2 Å². The van der Waals surface area contributed by atoms with Crippen molar-refractivity contribution < 1.29 is 0 Å². The molecule has 2 heterocycles. The quantitative estimate of drug-likeness (QED) is 0.836. The minimum absolute atomic E-state index is 0.654. The van der Waals surface area contributed by atoms with Crippen LogP contribution in [0.3, 0.4) is 0 Å². The fourth-order valence-corrected chi connectivity index (χ4v) is 3.53. The van der Waals surface area contributed by atoms with E-state index in [2.05, 4.69) is 22.3 Å². The minimum atomic E-state index is 0.654. The van der Waals surface area contributed by atoms with Crippen LogP contribution in [0, 0.1) is 5.92 Å². The number of hydrogen-bond acceptors (Lipinski definition) is 4. The summed E-state index contributed by atoms with van der Waals surface area (Å²) in [7, 11) is 1.97. The molecule has 0 amide bonds. The third-order valence-electron chi connectivity index (χ3n) is 3.10. The van der Waals surface area contributed by atoms with Gasteiger partial charge in [0.05, 0.1) is 0 Å². The standard InChI is InChI=1S/C11H20N4S/c1-3-4-12-10-7-16-6-9(10)5-11-13-8-14-15(11)2/h8-10,12H,3-7H2,1-2H3. The highest BCUT2D eigenvalue weighted by molar-refractivity contribution is 7.99. The number of aryl methyl sites for hydroxylation is 1. The van der Waals surface area contributed by atoms with E-state index in [-0.39, 0.29) is 0 Å². The van der Waals surface area contributed by atoms with Crippen LogP contribution < -0.4 is 5.32 Å². The normalized spacial score (nSPS) is 25.1. The molecule has 1 aromatic heterocycles. The summed E-state index contributed by atoms with van der Waals surface area (Å²) in [6.07, 6.45) is 3.90. The van der Waals surface area contributed by atoms with Crippen molar-refractivity contribution in [3.8, 4) is 0 Å². The highest BCUT2D eigenvalue weighted by atomic mass is 32.2. The number of hydrogen-bond donors (Lipinski definition) is 1. The molecule has 1 saturated heterocycles. The van der Waals surface area contributed by atoms with E-state index in [0.29, 0.717) is 12.0 Å². The average Bonchev–Trinajstić information content (AvgIpc) is 2.87. The van der Waals surface area contributed by atoms with Crippen molar-refractivity contribution in [2.45, 2.75) is 25.8 Å². The Bertz CT molecular complexity index is 326. The van der Waals surface area contributed by atoms with Crippen LogP contribution in [0.5, 0.6) is 0 Å². The monoisotopic (exact) mass is 240 g/mol. The van der Waals surface area contributed by atoms with Crippen molar-refractivity contribution in [1.29, 1.82) is 0 Å². The Morgan fingerprint density at radius 2 is 2.44 bits per heavy atom. The molecule has 1 fully saturated rings. The lowest BCUT2D eigenvalue weighted by Gasteiger charge is -2.19. The van der Waals surface area contributed by atoms with Crippen molar-refractivity contribution in [3.63, 3.8) is 0 Å². The molecule has 1 aliphatic heterocycles. The van der Waals surface area contributed by atoms with Gasteiger partial charge in [0.15, 0.2) is 0 Å². The lowest BCUT2D eigenvalue weighted by Crippen LogP contribution is -2.37. The highest BCUT2D eigenvalue weighted by Crippen LogP contribution is 2.26. The van der Waals surface area contributed by atoms with Gasteiger partial charge < -0.3 is 5.32 Å². The smallest absolute Gasteiger partial charge is 0.138 e. The van der Waals surface area contributed by atoms with Gasteiger partial charge >= 0.3 is 0 Å². The molecule has 2 rings (SSSR count). The van der Waals surface area contributed by atoms with Crippen molar-refractivity contribution in [1.82, 2.24) is 20.1 Å². The zero-order valence-electron chi connectivity index (χ0n) is 10.0. The van der Waals surface area contributed by atoms with Crippen LogP contribution >= 0.6 is 11.8 Å². The summed E-state index contributed by atoms with van der Waals surface area (Å²) in [4.78, 5) is 4.31. The molecule has 2 unspecified atom stereocenters. The molecule has 0 radical (unpaired) electrons. The highest BCUT2D eigenvalue weighted by Gasteiger charge is 2.28. The maximum atomic E-state index is 4.31. The summed E-state index contributed by atoms with van der Waals surface area (Å²) < 4.78 is 1.89. The predicted octanol–water partition coefficient (Wildman–Crippen LogP) is 1.09. The van der Waals surface area contributed by atoms with E-state index in [4.69, 9.17) is 0 Å². The summed E-state index contributed by atoms with van der Waals surface area (Å²) in [5.74, 6) is 4.30. The van der Waals surface area contributed by atoms with E-state index < -0.39 is 0 Å². The van der Waals surface area contributed by atoms with Crippen molar-refractivity contribution in [2.75, 3.05) is 18.1 Å². The van der Waals surface area contributed by atoms with Gasteiger partial charge in [0.1, 0.15) is 12.2 Å². The number of thioether (sulfide) groups is 1. The van der Waals surface area contributed by atoms with Crippen LogP contribution in [0.15, 0.2) is 6.33 Å². The first kappa shape index (κ1) is 11.9. The lowest BCUT2D eigenvalue weighted by molar-refractivity contribution is 0.414. The van der Waals surface area contributed by atoms with Gasteiger partial charge in [0.25, 0.3) is 0 Å². The van der Waals surface area contributed by atoms with Gasteiger partial charge in [-0.25, -0.2) is 4.98 Å². The van der Waals surface area contributed by atoms with E-state index >= 15 is 0 Å². The Balaban J connectivity index is 1.91. The molecule has 1 aliphatic rings. The van der Waals surface area contributed by atoms with E-state index in [1.165, 1.54) is 17.9 Å². The second-order valence-corrected chi connectivity index (χ2v) is 5.44. The van der Waals surface area contributed by atoms with Crippen LogP contribution in [0.2, 0.25) is 0 Å². The van der Waals surface area contributed by atoms with Crippen LogP contribution in [0.25, 0.3) is 0 Å². The lowest BCUT2D eigenvalue weighted by atomic mass is 9.99. The fourth-order valence-electron chi connectivity index (χ4n) is 2.09. The largest absolute Gasteiger partial charge is 0.313 e. The summed E-state index contributed by atoms with van der Waals surface area (Å²) in [5.41, 5.74) is 0. The molecule has 1 N–H and O–H groups in total. The number of aromatic nitrogens is 3. The third kappa shape index (κ3) is 2.77. The van der Waals surface area contributed by atoms with E-state index in [0.717, 1.165) is 18.8 Å². The molecule has 1 aromatic rings. The van der Waals surface area contributed by atoms with Crippen LogP contribution in [-0.2, 0) is 13.5 Å². The molecule has 4 nitrogen and oxygen atoms in total. The second kappa shape index (κ2) is 5.68. The third-order valence-corrected chi connectivity index (χ3v) is 4.36. The molecular weight excluding hydrogens is 220 g/mol. The first-order chi connectivity index (χ1) is 7.81. The minimum Gasteiger partial charge on any atom is -0.313 e. The summed E-state index contributed by atoms with van der Waals surface area (Å²) >= 11 is 2.05.